The van der Waals surface area contributed by atoms with Crippen LogP contribution in [0.25, 0.3) is 11.4 Å². The van der Waals surface area contributed by atoms with E-state index in [4.69, 9.17) is 21.4 Å². The van der Waals surface area contributed by atoms with Crippen molar-refractivity contribution in [2.45, 2.75) is 6.54 Å². The Kier molecular flexibility index (Phi) is 3.15. The summed E-state index contributed by atoms with van der Waals surface area (Å²) >= 11 is 5.82. The van der Waals surface area contributed by atoms with Gasteiger partial charge in [-0.1, -0.05) is 16.8 Å². The molecule has 0 aliphatic heterocycles. The molecular weight excluding hydrogens is 280 g/mol. The molecule has 0 N–H and O–H groups in total. The fourth-order valence-electron chi connectivity index (χ4n) is 1.60. The molecule has 0 unspecified atom stereocenters. The van der Waals surface area contributed by atoms with E-state index in [1.54, 1.807) is 24.3 Å². The first-order valence-corrected chi connectivity index (χ1v) is 6.00. The summed E-state index contributed by atoms with van der Waals surface area (Å²) in [7, 11) is 0. The van der Waals surface area contributed by atoms with Gasteiger partial charge in [-0.15, -0.1) is 5.10 Å². The van der Waals surface area contributed by atoms with Crippen molar-refractivity contribution in [3.63, 3.8) is 0 Å². The highest BCUT2D eigenvalue weighted by molar-refractivity contribution is 6.30. The van der Waals surface area contributed by atoms with Gasteiger partial charge in [0.1, 0.15) is 18.9 Å². The monoisotopic (exact) mass is 286 g/mol. The molecule has 2 heterocycles. The largest absolute Gasteiger partial charge is 0.337 e. The standard InChI is InChI=1S/C12H7ClN6O/c13-9-3-1-8(2-4-9)12-16-11(20-18-12)6-19-7-15-10(5-14)17-19/h1-4,7H,6H2. The molecule has 0 amide bonds. The molecule has 0 aliphatic rings. The van der Waals surface area contributed by atoms with Crippen LogP contribution in [0.3, 0.4) is 0 Å². The van der Waals surface area contributed by atoms with Gasteiger partial charge in [-0.25, -0.2) is 9.67 Å². The van der Waals surface area contributed by atoms with E-state index in [9.17, 15) is 0 Å². The third-order valence-corrected chi connectivity index (χ3v) is 2.76. The molecule has 0 radical (unpaired) electrons. The predicted octanol–water partition coefficient (Wildman–Crippen LogP) is 1.90. The van der Waals surface area contributed by atoms with E-state index in [2.05, 4.69) is 20.2 Å². The van der Waals surface area contributed by atoms with Crippen LogP contribution in [-0.2, 0) is 6.54 Å². The molecule has 7 nitrogen and oxygen atoms in total. The Morgan fingerprint density at radius 2 is 2.10 bits per heavy atom. The molecule has 0 saturated heterocycles. The first kappa shape index (κ1) is 12.3. The van der Waals surface area contributed by atoms with Crippen LogP contribution in [0.15, 0.2) is 35.1 Å². The highest BCUT2D eigenvalue weighted by atomic mass is 35.5. The minimum Gasteiger partial charge on any atom is -0.337 e. The molecule has 2 aromatic heterocycles. The summed E-state index contributed by atoms with van der Waals surface area (Å²) in [5.74, 6) is 0.948. The number of hydrogen-bond acceptors (Lipinski definition) is 6. The lowest BCUT2D eigenvalue weighted by Gasteiger charge is -1.94. The van der Waals surface area contributed by atoms with Crippen LogP contribution in [0.5, 0.6) is 0 Å². The first-order chi connectivity index (χ1) is 9.74. The van der Waals surface area contributed by atoms with Gasteiger partial charge in [-0.05, 0) is 24.3 Å². The Labute approximate surface area is 118 Å². The van der Waals surface area contributed by atoms with Crippen molar-refractivity contribution in [3.8, 4) is 17.5 Å². The van der Waals surface area contributed by atoms with Gasteiger partial charge < -0.3 is 4.52 Å². The van der Waals surface area contributed by atoms with Crippen molar-refractivity contribution in [1.82, 2.24) is 24.9 Å². The molecule has 0 saturated carbocycles. The minimum absolute atomic E-state index is 0.0995. The maximum Gasteiger partial charge on any atom is 0.252 e. The van der Waals surface area contributed by atoms with Crippen molar-refractivity contribution in [2.24, 2.45) is 0 Å². The molecule has 3 rings (SSSR count). The molecular formula is C12H7ClN6O. The molecule has 8 heteroatoms. The maximum atomic E-state index is 8.64. The topological polar surface area (TPSA) is 93.4 Å². The lowest BCUT2D eigenvalue weighted by atomic mass is 10.2. The fourth-order valence-corrected chi connectivity index (χ4v) is 1.72. The van der Waals surface area contributed by atoms with Gasteiger partial charge in [0.25, 0.3) is 5.82 Å². The number of aromatic nitrogens is 5. The number of nitrogens with zero attached hydrogens (tertiary/aromatic N) is 6. The van der Waals surface area contributed by atoms with Gasteiger partial charge in [-0.2, -0.15) is 10.2 Å². The van der Waals surface area contributed by atoms with Gasteiger partial charge >= 0.3 is 0 Å². The van der Waals surface area contributed by atoms with Crippen LogP contribution >= 0.6 is 11.6 Å². The molecule has 0 spiro atoms. The summed E-state index contributed by atoms with van der Waals surface area (Å²) < 4.78 is 6.59. The number of hydrogen-bond donors (Lipinski definition) is 0. The third kappa shape index (κ3) is 2.50. The molecule has 0 fully saturated rings. The van der Waals surface area contributed by atoms with E-state index in [-0.39, 0.29) is 12.4 Å². The Morgan fingerprint density at radius 1 is 1.30 bits per heavy atom. The Balaban J connectivity index is 1.80. The normalized spacial score (nSPS) is 10.4. The van der Waals surface area contributed by atoms with Crippen molar-refractivity contribution in [3.05, 3.63) is 47.3 Å². The highest BCUT2D eigenvalue weighted by Crippen LogP contribution is 2.18. The first-order valence-electron chi connectivity index (χ1n) is 5.62. The van der Waals surface area contributed by atoms with Crippen LogP contribution in [-0.4, -0.2) is 24.9 Å². The molecule has 98 valence electrons. The zero-order valence-electron chi connectivity index (χ0n) is 10.1. The fraction of sp³-hybridized carbons (Fsp3) is 0.0833. The van der Waals surface area contributed by atoms with Gasteiger partial charge in [0.05, 0.1) is 0 Å². The van der Waals surface area contributed by atoms with E-state index >= 15 is 0 Å². The maximum absolute atomic E-state index is 8.64. The van der Waals surface area contributed by atoms with Crippen molar-refractivity contribution in [2.75, 3.05) is 0 Å². The second kappa shape index (κ2) is 5.11. The minimum atomic E-state index is 0.0995. The summed E-state index contributed by atoms with van der Waals surface area (Å²) in [4.78, 5) is 8.04. The second-order valence-electron chi connectivity index (χ2n) is 3.90. The number of nitriles is 1. The van der Waals surface area contributed by atoms with Crippen LogP contribution < -0.4 is 0 Å². The highest BCUT2D eigenvalue weighted by Gasteiger charge is 2.10. The Bertz CT molecular complexity index is 770. The molecule has 20 heavy (non-hydrogen) atoms. The third-order valence-electron chi connectivity index (χ3n) is 2.50. The van der Waals surface area contributed by atoms with E-state index in [0.29, 0.717) is 16.7 Å². The zero-order valence-corrected chi connectivity index (χ0v) is 10.8. The number of benzene rings is 1. The quantitative estimate of drug-likeness (QED) is 0.730. The average molecular weight is 287 g/mol. The Morgan fingerprint density at radius 3 is 2.80 bits per heavy atom. The van der Waals surface area contributed by atoms with E-state index in [1.165, 1.54) is 11.0 Å². The van der Waals surface area contributed by atoms with E-state index in [0.717, 1.165) is 5.56 Å². The van der Waals surface area contributed by atoms with Crippen LogP contribution in [0.2, 0.25) is 5.02 Å². The van der Waals surface area contributed by atoms with Gasteiger partial charge in [0, 0.05) is 10.6 Å². The molecule has 0 bridgehead atoms. The van der Waals surface area contributed by atoms with Crippen molar-refractivity contribution < 1.29 is 4.52 Å². The van der Waals surface area contributed by atoms with Gasteiger partial charge in [0.2, 0.25) is 11.7 Å². The summed E-state index contributed by atoms with van der Waals surface area (Å²) in [6, 6.07) is 8.97. The van der Waals surface area contributed by atoms with E-state index in [1.807, 2.05) is 6.07 Å². The summed E-state index contributed by atoms with van der Waals surface area (Å²) in [6.45, 7) is 0.259. The Hall–Kier alpha value is -2.72. The average Bonchev–Trinajstić information content (AvgIpc) is 3.09. The van der Waals surface area contributed by atoms with E-state index < -0.39 is 0 Å². The lowest BCUT2D eigenvalue weighted by molar-refractivity contribution is 0.366. The SMILES string of the molecule is N#Cc1ncn(Cc2nc(-c3ccc(Cl)cc3)no2)n1. The van der Waals surface area contributed by atoms with Crippen LogP contribution in [0.1, 0.15) is 11.7 Å². The summed E-state index contributed by atoms with van der Waals surface area (Å²) in [5.41, 5.74) is 0.806. The predicted molar refractivity (Wildman–Crippen MR) is 68.6 cm³/mol. The number of rotatable bonds is 3. The second-order valence-corrected chi connectivity index (χ2v) is 4.33. The summed E-state index contributed by atoms with van der Waals surface area (Å²) in [6.07, 6.45) is 1.44. The molecule has 3 aromatic rings. The van der Waals surface area contributed by atoms with Crippen molar-refractivity contribution in [1.29, 1.82) is 5.26 Å². The smallest absolute Gasteiger partial charge is 0.252 e. The summed E-state index contributed by atoms with van der Waals surface area (Å²) in [5, 5.41) is 17.1. The molecule has 0 aliphatic carbocycles. The van der Waals surface area contributed by atoms with Crippen LogP contribution in [0, 0.1) is 11.3 Å². The number of halogens is 1. The van der Waals surface area contributed by atoms with Gasteiger partial charge in [0.15, 0.2) is 0 Å². The lowest BCUT2D eigenvalue weighted by Crippen LogP contribution is -2.00. The molecule has 0 atom stereocenters. The van der Waals surface area contributed by atoms with Crippen LogP contribution in [0.4, 0.5) is 0 Å². The van der Waals surface area contributed by atoms with Crippen molar-refractivity contribution >= 4 is 11.6 Å². The molecule has 1 aromatic carbocycles. The van der Waals surface area contributed by atoms with Gasteiger partial charge in [-0.3, -0.25) is 0 Å². The zero-order chi connectivity index (χ0) is 13.9.